The van der Waals surface area contributed by atoms with E-state index in [0.717, 1.165) is 36.8 Å². The van der Waals surface area contributed by atoms with Crippen LogP contribution in [0.4, 0.5) is 0 Å². The van der Waals surface area contributed by atoms with Crippen molar-refractivity contribution >= 4 is 20.8 Å². The molecule has 2 aromatic carbocycles. The summed E-state index contributed by atoms with van der Waals surface area (Å²) >= 11 is 0. The molecule has 4 rings (SSSR count). The molecule has 0 bridgehead atoms. The van der Waals surface area contributed by atoms with Crippen molar-refractivity contribution in [2.75, 3.05) is 13.1 Å². The lowest BCUT2D eigenvalue weighted by Crippen LogP contribution is -2.48. The van der Waals surface area contributed by atoms with E-state index in [1.165, 1.54) is 5.56 Å². The van der Waals surface area contributed by atoms with Crippen LogP contribution in [-0.4, -0.2) is 48.2 Å². The molecule has 7 heteroatoms. The Hall–Kier alpha value is -2.64. The van der Waals surface area contributed by atoms with Gasteiger partial charge in [-0.05, 0) is 44.7 Å². The van der Waals surface area contributed by atoms with Gasteiger partial charge in [-0.2, -0.15) is 0 Å². The number of sulfonamides is 1. The molecular formula is C25H31N3O3S. The van der Waals surface area contributed by atoms with Crippen LogP contribution in [0.15, 0.2) is 66.4 Å². The molecule has 32 heavy (non-hydrogen) atoms. The Morgan fingerprint density at radius 2 is 1.50 bits per heavy atom. The third-order valence-electron chi connectivity index (χ3n) is 5.95. The first-order chi connectivity index (χ1) is 15.2. The zero-order chi connectivity index (χ0) is 22.9. The normalized spacial score (nSPS) is 20.1. The van der Waals surface area contributed by atoms with Gasteiger partial charge in [-0.1, -0.05) is 60.7 Å². The van der Waals surface area contributed by atoms with E-state index in [2.05, 4.69) is 22.3 Å². The first kappa shape index (κ1) is 22.6. The van der Waals surface area contributed by atoms with Gasteiger partial charge in [-0.25, -0.2) is 12.7 Å². The van der Waals surface area contributed by atoms with Crippen molar-refractivity contribution < 1.29 is 13.2 Å². The van der Waals surface area contributed by atoms with Crippen LogP contribution in [0.25, 0.3) is 4.91 Å². The highest BCUT2D eigenvalue weighted by Crippen LogP contribution is 2.39. The standard InChI is InChI=1S/C25H31N3O3S/c1-25(2,3)28-24(29)22(23(32(28,30)31)20-12-8-5-9-13-20)26-21-14-16-27(17-15-21)18-19-10-6-4-7-11-19/h4-13,21,26H,14-18H2,1-3H3. The molecule has 1 N–H and O–H groups in total. The highest BCUT2D eigenvalue weighted by molar-refractivity contribution is 7.99. The van der Waals surface area contributed by atoms with E-state index in [-0.39, 0.29) is 16.6 Å². The van der Waals surface area contributed by atoms with E-state index in [4.69, 9.17) is 0 Å². The average Bonchev–Trinajstić information content (AvgIpc) is 2.95. The fraction of sp³-hybridized carbons (Fsp3) is 0.400. The number of nitrogens with zero attached hydrogens (tertiary/aromatic N) is 2. The quantitative estimate of drug-likeness (QED) is 0.749. The maximum absolute atomic E-state index is 13.5. The van der Waals surface area contributed by atoms with Gasteiger partial charge in [0.2, 0.25) is 0 Å². The first-order valence-corrected chi connectivity index (χ1v) is 12.5. The molecule has 0 saturated carbocycles. The fourth-order valence-electron chi connectivity index (χ4n) is 4.48. The van der Waals surface area contributed by atoms with E-state index in [0.29, 0.717) is 5.56 Å². The van der Waals surface area contributed by atoms with Crippen LogP contribution >= 0.6 is 0 Å². The van der Waals surface area contributed by atoms with Gasteiger partial charge in [0, 0.05) is 25.7 Å². The lowest BCUT2D eigenvalue weighted by molar-refractivity contribution is -0.125. The van der Waals surface area contributed by atoms with Crippen molar-refractivity contribution in [1.82, 2.24) is 14.5 Å². The number of carbonyl (C=O) groups excluding carboxylic acids is 1. The van der Waals surface area contributed by atoms with Crippen LogP contribution < -0.4 is 5.32 Å². The molecule has 0 atom stereocenters. The van der Waals surface area contributed by atoms with Gasteiger partial charge in [-0.3, -0.25) is 9.69 Å². The minimum absolute atomic E-state index is 0.0507. The lowest BCUT2D eigenvalue weighted by Gasteiger charge is -2.33. The van der Waals surface area contributed by atoms with Crippen molar-refractivity contribution in [1.29, 1.82) is 0 Å². The van der Waals surface area contributed by atoms with Gasteiger partial charge < -0.3 is 5.32 Å². The molecule has 2 aromatic rings. The molecule has 6 nitrogen and oxygen atoms in total. The summed E-state index contributed by atoms with van der Waals surface area (Å²) in [5, 5.41) is 3.34. The second-order valence-electron chi connectivity index (χ2n) is 9.50. The van der Waals surface area contributed by atoms with E-state index in [1.54, 1.807) is 45.0 Å². The van der Waals surface area contributed by atoms with Crippen LogP contribution in [0.1, 0.15) is 44.7 Å². The number of hydrogen-bond donors (Lipinski definition) is 1. The summed E-state index contributed by atoms with van der Waals surface area (Å²) in [5.74, 6) is -0.469. The molecular weight excluding hydrogens is 422 g/mol. The minimum atomic E-state index is -3.95. The van der Waals surface area contributed by atoms with E-state index in [1.807, 2.05) is 24.3 Å². The van der Waals surface area contributed by atoms with Gasteiger partial charge in [0.05, 0.1) is 5.54 Å². The smallest absolute Gasteiger partial charge is 0.285 e. The van der Waals surface area contributed by atoms with Gasteiger partial charge in [0.1, 0.15) is 10.6 Å². The largest absolute Gasteiger partial charge is 0.377 e. The van der Waals surface area contributed by atoms with Gasteiger partial charge >= 0.3 is 0 Å². The van der Waals surface area contributed by atoms with Gasteiger partial charge in [0.25, 0.3) is 15.9 Å². The molecule has 0 spiro atoms. The maximum atomic E-state index is 13.5. The predicted molar refractivity (Wildman–Crippen MR) is 127 cm³/mol. The molecule has 0 radical (unpaired) electrons. The summed E-state index contributed by atoms with van der Waals surface area (Å²) in [6.45, 7) is 7.92. The highest BCUT2D eigenvalue weighted by Gasteiger charge is 2.49. The van der Waals surface area contributed by atoms with Gasteiger partial charge in [0.15, 0.2) is 0 Å². The summed E-state index contributed by atoms with van der Waals surface area (Å²) in [4.78, 5) is 15.8. The molecule has 0 aliphatic carbocycles. The summed E-state index contributed by atoms with van der Waals surface area (Å²) in [6.07, 6.45) is 1.70. The summed E-state index contributed by atoms with van der Waals surface area (Å²) in [7, 11) is -3.95. The van der Waals surface area contributed by atoms with Crippen molar-refractivity contribution in [2.24, 2.45) is 0 Å². The number of nitrogens with one attached hydrogen (secondary N) is 1. The second kappa shape index (κ2) is 8.71. The Morgan fingerprint density at radius 1 is 0.938 bits per heavy atom. The average molecular weight is 454 g/mol. The third kappa shape index (κ3) is 4.45. The summed E-state index contributed by atoms with van der Waals surface area (Å²) < 4.78 is 27.9. The van der Waals surface area contributed by atoms with Crippen molar-refractivity contribution in [2.45, 2.75) is 51.7 Å². The number of benzene rings is 2. The number of carbonyl (C=O) groups is 1. The highest BCUT2D eigenvalue weighted by atomic mass is 32.2. The van der Waals surface area contributed by atoms with Crippen molar-refractivity contribution in [3.63, 3.8) is 0 Å². The molecule has 1 fully saturated rings. The number of piperidine rings is 1. The monoisotopic (exact) mass is 453 g/mol. The van der Waals surface area contributed by atoms with E-state index >= 15 is 0 Å². The zero-order valence-electron chi connectivity index (χ0n) is 18.9. The van der Waals surface area contributed by atoms with Crippen LogP contribution in [0.5, 0.6) is 0 Å². The molecule has 2 aliphatic rings. The number of rotatable bonds is 5. The second-order valence-corrected chi connectivity index (χ2v) is 11.2. The Kier molecular flexibility index (Phi) is 6.14. The zero-order valence-corrected chi connectivity index (χ0v) is 19.7. The maximum Gasteiger partial charge on any atom is 0.285 e. The Morgan fingerprint density at radius 3 is 2.06 bits per heavy atom. The number of likely N-dealkylation sites (tertiary alicyclic amines) is 1. The number of hydrogen-bond acceptors (Lipinski definition) is 5. The third-order valence-corrected chi connectivity index (χ3v) is 8.10. The SMILES string of the molecule is CC(C)(C)N1C(=O)C(NC2CCN(Cc3ccccc3)CC2)=C(c2ccccc2)S1(=O)=O. The predicted octanol–water partition coefficient (Wildman–Crippen LogP) is 3.58. The number of amides is 1. The van der Waals surface area contributed by atoms with Crippen LogP contribution in [0.3, 0.4) is 0 Å². The van der Waals surface area contributed by atoms with Crippen molar-refractivity contribution in [3.05, 3.63) is 77.5 Å². The summed E-state index contributed by atoms with van der Waals surface area (Å²) in [6, 6.07) is 19.3. The fourth-order valence-corrected chi connectivity index (χ4v) is 6.54. The lowest BCUT2D eigenvalue weighted by atomic mass is 10.0. The molecule has 0 aromatic heterocycles. The minimum Gasteiger partial charge on any atom is -0.377 e. The molecule has 0 unspecified atom stereocenters. The Labute approximate surface area is 191 Å². The van der Waals surface area contributed by atoms with Crippen molar-refractivity contribution in [3.8, 4) is 0 Å². The molecule has 2 heterocycles. The summed E-state index contributed by atoms with van der Waals surface area (Å²) in [5.41, 5.74) is 1.17. The Bertz CT molecular complexity index is 1100. The molecule has 2 aliphatic heterocycles. The molecule has 170 valence electrons. The van der Waals surface area contributed by atoms with Crippen LogP contribution in [0, 0.1) is 0 Å². The van der Waals surface area contributed by atoms with Crippen LogP contribution in [0.2, 0.25) is 0 Å². The van der Waals surface area contributed by atoms with Crippen LogP contribution in [-0.2, 0) is 21.4 Å². The van der Waals surface area contributed by atoms with E-state index in [9.17, 15) is 13.2 Å². The van der Waals surface area contributed by atoms with E-state index < -0.39 is 21.5 Å². The molecule has 1 saturated heterocycles. The topological polar surface area (TPSA) is 69.7 Å². The first-order valence-electron chi connectivity index (χ1n) is 11.1. The Balaban J connectivity index is 1.56. The van der Waals surface area contributed by atoms with Gasteiger partial charge in [-0.15, -0.1) is 0 Å². The molecule has 1 amide bonds.